The number of nitrogens with one attached hydrogen (secondary N) is 1. The number of benzene rings is 1. The van der Waals surface area contributed by atoms with Crippen molar-refractivity contribution in [1.82, 2.24) is 9.88 Å². The summed E-state index contributed by atoms with van der Waals surface area (Å²) in [4.78, 5) is 4.88. The minimum absolute atomic E-state index is 0.211. The van der Waals surface area contributed by atoms with E-state index in [1.165, 1.54) is 6.07 Å². The summed E-state index contributed by atoms with van der Waals surface area (Å²) in [7, 11) is 1.82. The van der Waals surface area contributed by atoms with Gasteiger partial charge < -0.3 is 14.5 Å². The molecule has 1 aromatic heterocycles. The molecule has 2 aromatic rings. The van der Waals surface area contributed by atoms with Gasteiger partial charge in [-0.1, -0.05) is 0 Å². The van der Waals surface area contributed by atoms with E-state index in [9.17, 15) is 17.6 Å². The Hall–Kier alpha value is -1.64. The Kier molecular flexibility index (Phi) is 3.59. The Morgan fingerprint density at radius 1 is 1.21 bits per heavy atom. The highest BCUT2D eigenvalue weighted by molar-refractivity contribution is 5.85. The minimum atomic E-state index is -3.01. The summed E-state index contributed by atoms with van der Waals surface area (Å²) in [6.45, 7) is -0.844. The largest absolute Gasteiger partial charge is 0.354 e. The third-order valence-corrected chi connectivity index (χ3v) is 4.63. The number of rotatable bonds is 1. The van der Waals surface area contributed by atoms with Crippen LogP contribution >= 0.6 is 0 Å². The number of fused-ring (bicyclic) bond motifs is 3. The lowest BCUT2D eigenvalue weighted by molar-refractivity contribution is -0.285. The zero-order valence-corrected chi connectivity index (χ0v) is 12.9. The number of hydrogen-bond acceptors (Lipinski definition) is 3. The van der Waals surface area contributed by atoms with Gasteiger partial charge in [0.15, 0.2) is 6.29 Å². The van der Waals surface area contributed by atoms with E-state index in [0.717, 1.165) is 11.6 Å². The molecule has 1 fully saturated rings. The van der Waals surface area contributed by atoms with Crippen molar-refractivity contribution >= 4 is 10.9 Å². The van der Waals surface area contributed by atoms with E-state index in [1.807, 2.05) is 11.9 Å². The van der Waals surface area contributed by atoms with Crippen LogP contribution < -0.4 is 0 Å². The zero-order valence-electron chi connectivity index (χ0n) is 12.9. The van der Waals surface area contributed by atoms with Crippen LogP contribution in [-0.2, 0) is 15.9 Å². The summed E-state index contributed by atoms with van der Waals surface area (Å²) in [5.41, 5.74) is 1.61. The van der Waals surface area contributed by atoms with E-state index in [-0.39, 0.29) is 5.52 Å². The quantitative estimate of drug-likeness (QED) is 0.808. The standard InChI is InChI=1S/C16H16F4N2O2/c1-22-3-2-9-10-4-8(17)5-11(18)12(10)21-13(9)14(22)15-23-6-16(19,20)7-24-15/h4-5,14-15,21H,2-3,6-7H2,1H3. The molecular weight excluding hydrogens is 328 g/mol. The first kappa shape index (κ1) is 15.9. The van der Waals surface area contributed by atoms with Crippen molar-refractivity contribution in [2.45, 2.75) is 24.7 Å². The summed E-state index contributed by atoms with van der Waals surface area (Å²) in [6, 6.07) is 1.61. The van der Waals surface area contributed by atoms with Gasteiger partial charge in [0.25, 0.3) is 5.92 Å². The number of hydrogen-bond donors (Lipinski definition) is 1. The van der Waals surface area contributed by atoms with Crippen LogP contribution in [0.25, 0.3) is 10.9 Å². The van der Waals surface area contributed by atoms with Gasteiger partial charge in [-0.3, -0.25) is 4.90 Å². The highest BCUT2D eigenvalue weighted by Crippen LogP contribution is 2.39. The summed E-state index contributed by atoms with van der Waals surface area (Å²) in [5, 5.41) is 0.474. The molecule has 2 aliphatic heterocycles. The van der Waals surface area contributed by atoms with E-state index < -0.39 is 43.1 Å². The maximum Gasteiger partial charge on any atom is 0.293 e. The molecule has 1 atom stereocenters. The van der Waals surface area contributed by atoms with Gasteiger partial charge in [-0.15, -0.1) is 0 Å². The third-order valence-electron chi connectivity index (χ3n) is 4.63. The molecule has 1 saturated heterocycles. The van der Waals surface area contributed by atoms with Crippen LogP contribution in [0.15, 0.2) is 12.1 Å². The molecule has 1 aromatic carbocycles. The Morgan fingerprint density at radius 2 is 1.92 bits per heavy atom. The number of alkyl halides is 2. The second kappa shape index (κ2) is 5.44. The summed E-state index contributed by atoms with van der Waals surface area (Å²) in [5.74, 6) is -4.35. The topological polar surface area (TPSA) is 37.5 Å². The van der Waals surface area contributed by atoms with Gasteiger partial charge in [-0.2, -0.15) is 0 Å². The maximum atomic E-state index is 14.1. The van der Waals surface area contributed by atoms with E-state index in [2.05, 4.69) is 4.98 Å². The van der Waals surface area contributed by atoms with Crippen LogP contribution in [0, 0.1) is 11.6 Å². The molecule has 8 heteroatoms. The number of halogens is 4. The van der Waals surface area contributed by atoms with Crippen molar-refractivity contribution in [2.75, 3.05) is 26.8 Å². The summed E-state index contributed by atoms with van der Waals surface area (Å²) < 4.78 is 64.5. The first-order chi connectivity index (χ1) is 11.4. The first-order valence-corrected chi connectivity index (χ1v) is 7.66. The molecular formula is C16H16F4N2O2. The molecule has 0 saturated carbocycles. The van der Waals surface area contributed by atoms with Crippen molar-refractivity contribution in [3.8, 4) is 0 Å². The number of aromatic nitrogens is 1. The van der Waals surface area contributed by atoms with Crippen LogP contribution in [0.2, 0.25) is 0 Å². The van der Waals surface area contributed by atoms with Crippen molar-refractivity contribution in [3.05, 3.63) is 35.0 Å². The Morgan fingerprint density at radius 3 is 2.62 bits per heavy atom. The molecule has 0 radical (unpaired) electrons. The Bertz CT molecular complexity index is 782. The number of ether oxygens (including phenoxy) is 2. The van der Waals surface area contributed by atoms with Crippen molar-refractivity contribution in [2.24, 2.45) is 0 Å². The van der Waals surface area contributed by atoms with Crippen LogP contribution in [0.3, 0.4) is 0 Å². The first-order valence-electron chi connectivity index (χ1n) is 7.66. The molecule has 24 heavy (non-hydrogen) atoms. The fraction of sp³-hybridized carbons (Fsp3) is 0.500. The average molecular weight is 344 g/mol. The van der Waals surface area contributed by atoms with Gasteiger partial charge in [-0.25, -0.2) is 17.6 Å². The molecule has 0 aliphatic carbocycles. The van der Waals surface area contributed by atoms with Gasteiger partial charge in [0, 0.05) is 23.7 Å². The monoisotopic (exact) mass is 344 g/mol. The highest BCUT2D eigenvalue weighted by atomic mass is 19.3. The van der Waals surface area contributed by atoms with E-state index in [1.54, 1.807) is 0 Å². The van der Waals surface area contributed by atoms with E-state index >= 15 is 0 Å². The van der Waals surface area contributed by atoms with Crippen molar-refractivity contribution < 1.29 is 27.0 Å². The summed E-state index contributed by atoms with van der Waals surface area (Å²) in [6.07, 6.45) is -0.302. The van der Waals surface area contributed by atoms with Crippen LogP contribution in [-0.4, -0.2) is 48.9 Å². The second-order valence-electron chi connectivity index (χ2n) is 6.35. The lowest BCUT2D eigenvalue weighted by atomic mass is 9.97. The normalized spacial score (nSPS) is 25.1. The fourth-order valence-electron chi connectivity index (χ4n) is 3.49. The zero-order chi connectivity index (χ0) is 17.1. The predicted molar refractivity (Wildman–Crippen MR) is 77.9 cm³/mol. The molecule has 3 heterocycles. The van der Waals surface area contributed by atoms with Crippen molar-refractivity contribution in [3.63, 3.8) is 0 Å². The Labute approximate surface area is 135 Å². The number of H-pyrrole nitrogens is 1. The molecule has 4 nitrogen and oxygen atoms in total. The average Bonchev–Trinajstić information content (AvgIpc) is 2.87. The van der Waals surface area contributed by atoms with Gasteiger partial charge in [0.1, 0.15) is 30.9 Å². The number of aromatic amines is 1. The molecule has 4 rings (SSSR count). The smallest absolute Gasteiger partial charge is 0.293 e. The summed E-state index contributed by atoms with van der Waals surface area (Å²) >= 11 is 0. The molecule has 0 bridgehead atoms. The van der Waals surface area contributed by atoms with Crippen LogP contribution in [0.4, 0.5) is 17.6 Å². The SMILES string of the molecule is CN1CCc2c([nH]c3c(F)cc(F)cc23)C1C1OCC(F)(F)CO1. The van der Waals surface area contributed by atoms with E-state index in [0.29, 0.717) is 24.0 Å². The molecule has 1 unspecified atom stereocenters. The number of nitrogens with zero attached hydrogens (tertiary/aromatic N) is 1. The minimum Gasteiger partial charge on any atom is -0.354 e. The number of likely N-dealkylation sites (N-methyl/N-ethyl adjacent to an activating group) is 1. The van der Waals surface area contributed by atoms with Gasteiger partial charge >= 0.3 is 0 Å². The second-order valence-corrected chi connectivity index (χ2v) is 6.35. The molecule has 2 aliphatic rings. The van der Waals surface area contributed by atoms with Gasteiger partial charge in [0.05, 0.1) is 5.52 Å². The molecule has 0 spiro atoms. The van der Waals surface area contributed by atoms with E-state index in [4.69, 9.17) is 9.47 Å². The van der Waals surface area contributed by atoms with Crippen molar-refractivity contribution in [1.29, 1.82) is 0 Å². The third kappa shape index (κ3) is 2.49. The highest BCUT2D eigenvalue weighted by Gasteiger charge is 2.43. The predicted octanol–water partition coefficient (Wildman–Crippen LogP) is 2.98. The molecule has 1 N–H and O–H groups in total. The maximum absolute atomic E-state index is 14.1. The Balaban J connectivity index is 1.77. The lowest BCUT2D eigenvalue weighted by Gasteiger charge is -2.40. The van der Waals surface area contributed by atoms with Crippen LogP contribution in [0.1, 0.15) is 17.3 Å². The van der Waals surface area contributed by atoms with Crippen LogP contribution in [0.5, 0.6) is 0 Å². The molecule has 130 valence electrons. The fourth-order valence-corrected chi connectivity index (χ4v) is 3.49. The lowest BCUT2D eigenvalue weighted by Crippen LogP contribution is -2.48. The molecule has 0 amide bonds. The van der Waals surface area contributed by atoms with Gasteiger partial charge in [0.2, 0.25) is 0 Å². The van der Waals surface area contributed by atoms with Gasteiger partial charge in [-0.05, 0) is 25.1 Å².